The first-order valence-corrected chi connectivity index (χ1v) is 11.0. The van der Waals surface area contributed by atoms with Crippen molar-refractivity contribution in [3.63, 3.8) is 0 Å². The molecule has 7 atom stereocenters. The Bertz CT molecular complexity index is 902. The number of hydrogen-bond donors (Lipinski definition) is 3. The molecule has 0 aromatic rings. The van der Waals surface area contributed by atoms with Gasteiger partial charge in [0.05, 0.1) is 12.6 Å². The van der Waals surface area contributed by atoms with Gasteiger partial charge in [-0.25, -0.2) is 0 Å². The molecule has 2 aliphatic heterocycles. The molecule has 1 saturated heterocycles. The van der Waals surface area contributed by atoms with Crippen LogP contribution in [0.2, 0.25) is 0 Å². The number of carbonyl (C=O) groups is 4. The summed E-state index contributed by atoms with van der Waals surface area (Å²) in [6.45, 7) is 4.82. The molecule has 13 heteroatoms. The van der Waals surface area contributed by atoms with Crippen LogP contribution in [0.15, 0.2) is 16.1 Å². The Labute approximate surface area is 202 Å². The van der Waals surface area contributed by atoms with Crippen LogP contribution < -0.4 is 5.73 Å². The number of esters is 4. The molecule has 0 bridgehead atoms. The van der Waals surface area contributed by atoms with Crippen molar-refractivity contribution >= 4 is 30.1 Å². The van der Waals surface area contributed by atoms with Gasteiger partial charge in [0, 0.05) is 40.5 Å². The molecule has 0 aliphatic carbocycles. The minimum absolute atomic E-state index is 0.156. The van der Waals surface area contributed by atoms with E-state index < -0.39 is 79.3 Å². The van der Waals surface area contributed by atoms with Gasteiger partial charge in [-0.3, -0.25) is 24.2 Å². The Hall–Kier alpha value is -2.87. The second-order valence-corrected chi connectivity index (χ2v) is 8.27. The number of nitrogens with two attached hydrogens (primary N) is 1. The average molecular weight is 501 g/mol. The highest BCUT2D eigenvalue weighted by atomic mass is 16.7. The van der Waals surface area contributed by atoms with Gasteiger partial charge in [-0.05, 0) is 18.1 Å². The Morgan fingerprint density at radius 1 is 1.00 bits per heavy atom. The Morgan fingerprint density at radius 2 is 1.54 bits per heavy atom. The fourth-order valence-electron chi connectivity index (χ4n) is 4.33. The molecule has 2 heterocycles. The van der Waals surface area contributed by atoms with Gasteiger partial charge in [-0.1, -0.05) is 0 Å². The number of aliphatic imine (C=N–C) groups is 1. The number of aliphatic hydroxyl groups is 2. The molecular formula is C22H32N2O11. The highest BCUT2D eigenvalue weighted by Gasteiger charge is 2.61. The van der Waals surface area contributed by atoms with E-state index in [9.17, 15) is 29.4 Å². The second-order valence-electron chi connectivity index (χ2n) is 8.27. The maximum atomic E-state index is 12.1. The first-order valence-electron chi connectivity index (χ1n) is 11.0. The number of ether oxygens (including phenoxy) is 5. The quantitative estimate of drug-likeness (QED) is 0.260. The zero-order valence-corrected chi connectivity index (χ0v) is 20.3. The molecule has 35 heavy (non-hydrogen) atoms. The van der Waals surface area contributed by atoms with E-state index in [0.29, 0.717) is 0 Å². The predicted molar refractivity (Wildman–Crippen MR) is 118 cm³/mol. The lowest BCUT2D eigenvalue weighted by Gasteiger charge is -2.51. The molecule has 4 N–H and O–H groups in total. The summed E-state index contributed by atoms with van der Waals surface area (Å²) < 4.78 is 27.4. The van der Waals surface area contributed by atoms with Gasteiger partial charge in [0.2, 0.25) is 0 Å². The summed E-state index contributed by atoms with van der Waals surface area (Å²) in [6, 6.07) is -0.919. The number of carbonyl (C=O) groups excluding carboxylic acids is 4. The lowest BCUT2D eigenvalue weighted by atomic mass is 9.73. The number of aliphatic hydroxyl groups excluding tert-OH is 1. The molecule has 13 nitrogen and oxygen atoms in total. The van der Waals surface area contributed by atoms with Gasteiger partial charge in [0.1, 0.15) is 24.4 Å². The lowest BCUT2D eigenvalue weighted by Crippen LogP contribution is -2.71. The number of rotatable bonds is 8. The minimum atomic E-state index is -2.06. The Balaban J connectivity index is 2.72. The largest absolute Gasteiger partial charge is 0.463 e. The monoisotopic (exact) mass is 500 g/mol. The Morgan fingerprint density at radius 3 is 2.03 bits per heavy atom. The van der Waals surface area contributed by atoms with Crippen molar-refractivity contribution in [3.8, 4) is 0 Å². The van der Waals surface area contributed by atoms with Crippen molar-refractivity contribution in [3.05, 3.63) is 11.1 Å². The van der Waals surface area contributed by atoms with Crippen LogP contribution in [0.4, 0.5) is 0 Å². The van der Waals surface area contributed by atoms with Crippen molar-refractivity contribution in [1.82, 2.24) is 0 Å². The third-order valence-corrected chi connectivity index (χ3v) is 5.76. The van der Waals surface area contributed by atoms with Gasteiger partial charge in [-0.15, -0.1) is 0 Å². The van der Waals surface area contributed by atoms with E-state index in [1.165, 1.54) is 6.21 Å². The maximum Gasteiger partial charge on any atom is 0.303 e. The first-order chi connectivity index (χ1) is 16.4. The fraction of sp³-hybridized carbons (Fsp3) is 0.682. The average Bonchev–Trinajstić information content (AvgIpc) is 2.75. The zero-order chi connectivity index (χ0) is 26.5. The normalized spacial score (nSPS) is 32.6. The van der Waals surface area contributed by atoms with Crippen LogP contribution in [-0.2, 0) is 42.9 Å². The van der Waals surface area contributed by atoms with Crippen LogP contribution in [0.5, 0.6) is 0 Å². The van der Waals surface area contributed by atoms with E-state index in [1.807, 2.05) is 0 Å². The smallest absolute Gasteiger partial charge is 0.303 e. The van der Waals surface area contributed by atoms with Crippen LogP contribution >= 0.6 is 0 Å². The lowest BCUT2D eigenvalue weighted by molar-refractivity contribution is -0.278. The SMILES string of the molecule is CC(=O)OC[C@H]1O[C@@H](C2(O)C(CN)=C(CO)C=NC2C)[C@H](OC(C)=O)[C@@H](OC(C)=O)[C@@H]1OC(C)=O. The molecule has 0 saturated carbocycles. The molecule has 2 unspecified atom stereocenters. The van der Waals surface area contributed by atoms with E-state index in [0.717, 1.165) is 27.7 Å². The molecule has 0 amide bonds. The third-order valence-electron chi connectivity index (χ3n) is 5.76. The summed E-state index contributed by atoms with van der Waals surface area (Å²) in [4.78, 5) is 51.7. The van der Waals surface area contributed by atoms with Crippen molar-refractivity contribution in [2.24, 2.45) is 10.7 Å². The summed E-state index contributed by atoms with van der Waals surface area (Å²) in [5.74, 6) is -3.05. The Kier molecular flexibility index (Phi) is 9.49. The third kappa shape index (κ3) is 6.23. The van der Waals surface area contributed by atoms with Gasteiger partial charge in [-0.2, -0.15) is 0 Å². The maximum absolute atomic E-state index is 12.1. The van der Waals surface area contributed by atoms with Crippen molar-refractivity contribution in [1.29, 1.82) is 0 Å². The molecule has 0 aromatic heterocycles. The summed E-state index contributed by atoms with van der Waals surface area (Å²) in [5, 5.41) is 21.8. The molecular weight excluding hydrogens is 468 g/mol. The van der Waals surface area contributed by atoms with Crippen LogP contribution in [0.3, 0.4) is 0 Å². The van der Waals surface area contributed by atoms with E-state index in [4.69, 9.17) is 29.4 Å². The predicted octanol–water partition coefficient (Wildman–Crippen LogP) is -1.44. The molecule has 0 radical (unpaired) electrons. The fourth-order valence-corrected chi connectivity index (χ4v) is 4.33. The van der Waals surface area contributed by atoms with Crippen molar-refractivity contribution in [2.45, 2.75) is 76.8 Å². The van der Waals surface area contributed by atoms with Gasteiger partial charge in [0.15, 0.2) is 18.3 Å². The van der Waals surface area contributed by atoms with Gasteiger partial charge in [0.25, 0.3) is 0 Å². The van der Waals surface area contributed by atoms with E-state index >= 15 is 0 Å². The van der Waals surface area contributed by atoms with Crippen LogP contribution in [0.1, 0.15) is 34.6 Å². The number of nitrogens with zero attached hydrogens (tertiary/aromatic N) is 1. The van der Waals surface area contributed by atoms with Crippen molar-refractivity contribution < 1.29 is 53.1 Å². The molecule has 196 valence electrons. The molecule has 0 spiro atoms. The standard InChI is InChI=1S/C22H32N2O11/c1-10-22(30,16(6-23)15(8-25)7-24-10)21-20(34-14(5)29)19(33-13(4)28)18(32-12(3)27)17(35-21)9-31-11(2)26/h7,10,17-21,25,30H,6,8-9,23H2,1-5H3/t10?,17-,18-,19+,20-,21-,22?/m1/s1. The number of hydrogen-bond acceptors (Lipinski definition) is 13. The van der Waals surface area contributed by atoms with Crippen LogP contribution in [0, 0.1) is 0 Å². The first kappa shape index (κ1) is 28.4. The van der Waals surface area contributed by atoms with Crippen LogP contribution in [-0.4, -0.2) is 102 Å². The highest BCUT2D eigenvalue weighted by Crippen LogP contribution is 2.41. The van der Waals surface area contributed by atoms with Gasteiger partial charge >= 0.3 is 23.9 Å². The molecule has 2 rings (SSSR count). The summed E-state index contributed by atoms with van der Waals surface area (Å²) in [6.07, 6.45) is -5.70. The minimum Gasteiger partial charge on any atom is -0.463 e. The molecule has 0 aromatic carbocycles. The topological polar surface area (TPSA) is 193 Å². The van der Waals surface area contributed by atoms with E-state index in [2.05, 4.69) is 4.99 Å². The molecule has 1 fully saturated rings. The summed E-state index contributed by atoms with van der Waals surface area (Å²) in [5.41, 5.74) is 4.24. The van der Waals surface area contributed by atoms with Gasteiger partial charge < -0.3 is 39.6 Å². The van der Waals surface area contributed by atoms with E-state index in [1.54, 1.807) is 6.92 Å². The van der Waals surface area contributed by atoms with Crippen LogP contribution in [0.25, 0.3) is 0 Å². The van der Waals surface area contributed by atoms with E-state index in [-0.39, 0.29) is 17.7 Å². The molecule has 2 aliphatic rings. The summed E-state index contributed by atoms with van der Waals surface area (Å²) in [7, 11) is 0. The zero-order valence-electron chi connectivity index (χ0n) is 20.3. The highest BCUT2D eigenvalue weighted by molar-refractivity contribution is 5.82. The second kappa shape index (κ2) is 11.7. The van der Waals surface area contributed by atoms with Crippen molar-refractivity contribution in [2.75, 3.05) is 19.8 Å². The summed E-state index contributed by atoms with van der Waals surface area (Å²) >= 11 is 0. The number of dihydropyridines is 1.